The molecular weight excluding hydrogens is 264 g/mol. The summed E-state index contributed by atoms with van der Waals surface area (Å²) in [4.78, 5) is 0. The van der Waals surface area contributed by atoms with Gasteiger partial charge in [-0.3, -0.25) is 0 Å². The van der Waals surface area contributed by atoms with Crippen LogP contribution in [0, 0.1) is 0 Å². The standard InChI is InChI=1S/C13H28N2O3S/c1-11(2)14-7-6-8-19(16,17)15-9-12(3)18-13(4,5)10-15/h11-12,14H,6-10H2,1-5H3. The molecule has 1 heterocycles. The Labute approximate surface area is 117 Å². The van der Waals surface area contributed by atoms with Gasteiger partial charge in [-0.05, 0) is 33.7 Å². The van der Waals surface area contributed by atoms with Crippen LogP contribution in [0.25, 0.3) is 0 Å². The number of sulfonamides is 1. The third-order valence-corrected chi connectivity index (χ3v) is 4.93. The van der Waals surface area contributed by atoms with Crippen LogP contribution in [0.4, 0.5) is 0 Å². The van der Waals surface area contributed by atoms with E-state index >= 15 is 0 Å². The fourth-order valence-electron chi connectivity index (χ4n) is 2.38. The Balaban J connectivity index is 2.52. The van der Waals surface area contributed by atoms with E-state index in [1.165, 1.54) is 0 Å². The highest BCUT2D eigenvalue weighted by atomic mass is 32.2. The second-order valence-electron chi connectivity index (χ2n) is 6.26. The van der Waals surface area contributed by atoms with Crippen molar-refractivity contribution in [1.29, 1.82) is 0 Å². The molecule has 0 spiro atoms. The minimum Gasteiger partial charge on any atom is -0.370 e. The van der Waals surface area contributed by atoms with E-state index in [0.29, 0.717) is 25.6 Å². The van der Waals surface area contributed by atoms with E-state index in [4.69, 9.17) is 4.74 Å². The highest BCUT2D eigenvalue weighted by molar-refractivity contribution is 7.89. The van der Waals surface area contributed by atoms with Gasteiger partial charge in [0.05, 0.1) is 17.5 Å². The lowest BCUT2D eigenvalue weighted by molar-refractivity contribution is -0.109. The zero-order valence-electron chi connectivity index (χ0n) is 12.8. The van der Waals surface area contributed by atoms with Gasteiger partial charge in [0.15, 0.2) is 0 Å². The van der Waals surface area contributed by atoms with Crippen LogP contribution in [-0.4, -0.2) is 55.9 Å². The monoisotopic (exact) mass is 292 g/mol. The summed E-state index contributed by atoms with van der Waals surface area (Å²) in [6, 6.07) is 0.394. The lowest BCUT2D eigenvalue weighted by Crippen LogP contribution is -2.54. The van der Waals surface area contributed by atoms with Crippen molar-refractivity contribution in [2.24, 2.45) is 0 Å². The Kier molecular flexibility index (Phi) is 5.79. The molecule has 0 aromatic heterocycles. The summed E-state index contributed by atoms with van der Waals surface area (Å²) >= 11 is 0. The number of ether oxygens (including phenoxy) is 1. The van der Waals surface area contributed by atoms with Gasteiger partial charge in [-0.25, -0.2) is 8.42 Å². The van der Waals surface area contributed by atoms with Crippen molar-refractivity contribution in [1.82, 2.24) is 9.62 Å². The molecule has 1 rings (SSSR count). The summed E-state index contributed by atoms with van der Waals surface area (Å²) in [5, 5.41) is 3.24. The molecule has 0 aromatic rings. The maximum absolute atomic E-state index is 12.3. The minimum atomic E-state index is -3.17. The van der Waals surface area contributed by atoms with Crippen molar-refractivity contribution in [3.05, 3.63) is 0 Å². The van der Waals surface area contributed by atoms with Gasteiger partial charge in [-0.1, -0.05) is 13.8 Å². The molecule has 1 aliphatic rings. The van der Waals surface area contributed by atoms with Crippen molar-refractivity contribution < 1.29 is 13.2 Å². The number of nitrogens with one attached hydrogen (secondary N) is 1. The molecule has 19 heavy (non-hydrogen) atoms. The predicted molar refractivity (Wildman–Crippen MR) is 77.7 cm³/mol. The Morgan fingerprint density at radius 3 is 2.58 bits per heavy atom. The van der Waals surface area contributed by atoms with Gasteiger partial charge >= 0.3 is 0 Å². The molecule has 1 saturated heterocycles. The summed E-state index contributed by atoms with van der Waals surface area (Å²) < 4.78 is 31.9. The van der Waals surface area contributed by atoms with Crippen LogP contribution >= 0.6 is 0 Å². The van der Waals surface area contributed by atoms with Crippen LogP contribution in [0.5, 0.6) is 0 Å². The van der Waals surface area contributed by atoms with Gasteiger partial charge in [0.2, 0.25) is 10.0 Å². The van der Waals surface area contributed by atoms with E-state index < -0.39 is 15.6 Å². The van der Waals surface area contributed by atoms with Crippen LogP contribution in [0.3, 0.4) is 0 Å². The molecule has 1 fully saturated rings. The van der Waals surface area contributed by atoms with Crippen LogP contribution in [0.1, 0.15) is 41.0 Å². The molecule has 0 saturated carbocycles. The predicted octanol–water partition coefficient (Wildman–Crippen LogP) is 1.20. The first kappa shape index (κ1) is 16.9. The average molecular weight is 292 g/mol. The molecule has 5 nitrogen and oxygen atoms in total. The second kappa shape index (κ2) is 6.52. The number of morpholine rings is 1. The molecular formula is C13H28N2O3S. The van der Waals surface area contributed by atoms with Crippen molar-refractivity contribution >= 4 is 10.0 Å². The maximum atomic E-state index is 12.3. The first-order valence-electron chi connectivity index (χ1n) is 7.01. The van der Waals surface area contributed by atoms with E-state index in [2.05, 4.69) is 19.2 Å². The Hall–Kier alpha value is -0.170. The van der Waals surface area contributed by atoms with Crippen LogP contribution in [0.2, 0.25) is 0 Å². The zero-order valence-corrected chi connectivity index (χ0v) is 13.6. The molecule has 0 aromatic carbocycles. The number of hydrogen-bond acceptors (Lipinski definition) is 4. The van der Waals surface area contributed by atoms with Crippen molar-refractivity contribution in [3.8, 4) is 0 Å². The fourth-order valence-corrected chi connectivity index (χ4v) is 4.09. The summed E-state index contributed by atoms with van der Waals surface area (Å²) in [7, 11) is -3.17. The van der Waals surface area contributed by atoms with E-state index in [1.54, 1.807) is 4.31 Å². The van der Waals surface area contributed by atoms with Gasteiger partial charge in [-0.15, -0.1) is 0 Å². The Morgan fingerprint density at radius 2 is 2.05 bits per heavy atom. The minimum absolute atomic E-state index is 0.0488. The van der Waals surface area contributed by atoms with Crippen molar-refractivity contribution in [2.75, 3.05) is 25.4 Å². The molecule has 1 atom stereocenters. The third kappa shape index (κ3) is 5.77. The second-order valence-corrected chi connectivity index (χ2v) is 8.35. The van der Waals surface area contributed by atoms with Crippen LogP contribution < -0.4 is 5.32 Å². The molecule has 0 bridgehead atoms. The lowest BCUT2D eigenvalue weighted by atomic mass is 10.1. The van der Waals surface area contributed by atoms with E-state index in [9.17, 15) is 8.42 Å². The summed E-state index contributed by atoms with van der Waals surface area (Å²) in [6.45, 7) is 11.5. The van der Waals surface area contributed by atoms with E-state index in [-0.39, 0.29) is 11.9 Å². The smallest absolute Gasteiger partial charge is 0.214 e. The summed E-state index contributed by atoms with van der Waals surface area (Å²) in [5.74, 6) is 0.204. The number of rotatable bonds is 6. The molecule has 114 valence electrons. The first-order valence-corrected chi connectivity index (χ1v) is 8.62. The topological polar surface area (TPSA) is 58.6 Å². The Bertz CT molecular complexity index is 379. The normalized spacial score (nSPS) is 24.8. The van der Waals surface area contributed by atoms with Gasteiger partial charge in [0.25, 0.3) is 0 Å². The number of nitrogens with zero attached hydrogens (tertiary/aromatic N) is 1. The molecule has 1 aliphatic heterocycles. The van der Waals surface area contributed by atoms with Crippen LogP contribution in [-0.2, 0) is 14.8 Å². The zero-order chi connectivity index (χ0) is 14.7. The highest BCUT2D eigenvalue weighted by Gasteiger charge is 2.36. The SMILES string of the molecule is CC(C)NCCCS(=O)(=O)N1CC(C)OC(C)(C)C1. The van der Waals surface area contributed by atoms with Crippen molar-refractivity contribution in [2.45, 2.75) is 58.8 Å². The largest absolute Gasteiger partial charge is 0.370 e. The first-order chi connectivity index (χ1) is 8.62. The number of hydrogen-bond donors (Lipinski definition) is 1. The summed E-state index contributed by atoms with van der Waals surface area (Å²) in [6.07, 6.45) is 0.597. The van der Waals surface area contributed by atoms with Crippen molar-refractivity contribution in [3.63, 3.8) is 0 Å². The van der Waals surface area contributed by atoms with E-state index in [0.717, 1.165) is 6.54 Å². The average Bonchev–Trinajstić information content (AvgIpc) is 2.21. The van der Waals surface area contributed by atoms with Gasteiger partial charge < -0.3 is 10.1 Å². The molecule has 1 N–H and O–H groups in total. The molecule has 0 radical (unpaired) electrons. The van der Waals surface area contributed by atoms with Gasteiger partial charge in [-0.2, -0.15) is 4.31 Å². The molecule has 1 unspecified atom stereocenters. The van der Waals surface area contributed by atoms with Gasteiger partial charge in [0, 0.05) is 19.1 Å². The highest BCUT2D eigenvalue weighted by Crippen LogP contribution is 2.23. The molecule has 6 heteroatoms. The third-order valence-electron chi connectivity index (χ3n) is 3.06. The van der Waals surface area contributed by atoms with Gasteiger partial charge in [0.1, 0.15) is 0 Å². The lowest BCUT2D eigenvalue weighted by Gasteiger charge is -2.40. The molecule has 0 aliphatic carbocycles. The molecule has 0 amide bonds. The quantitative estimate of drug-likeness (QED) is 0.748. The van der Waals surface area contributed by atoms with E-state index in [1.807, 2.05) is 20.8 Å². The Morgan fingerprint density at radius 1 is 1.42 bits per heavy atom. The fraction of sp³-hybridized carbons (Fsp3) is 1.00. The van der Waals surface area contributed by atoms with Crippen LogP contribution in [0.15, 0.2) is 0 Å². The maximum Gasteiger partial charge on any atom is 0.214 e. The summed E-state index contributed by atoms with van der Waals surface area (Å²) in [5.41, 5.74) is -0.402.